The first-order chi connectivity index (χ1) is 12.0. The van der Waals surface area contributed by atoms with Crippen LogP contribution in [0.3, 0.4) is 0 Å². The highest BCUT2D eigenvalue weighted by Crippen LogP contribution is 2.30. The van der Waals surface area contributed by atoms with E-state index in [0.717, 1.165) is 69.9 Å². The second-order valence-corrected chi connectivity index (χ2v) is 6.94. The summed E-state index contributed by atoms with van der Waals surface area (Å²) in [5.41, 5.74) is 1.83. The van der Waals surface area contributed by atoms with Gasteiger partial charge >= 0.3 is 0 Å². The van der Waals surface area contributed by atoms with Crippen molar-refractivity contribution in [2.24, 2.45) is 0 Å². The molecule has 0 bridgehead atoms. The van der Waals surface area contributed by atoms with E-state index in [9.17, 15) is 9.59 Å². The molecule has 1 atom stereocenters. The number of likely N-dealkylation sites (tertiary alicyclic amines) is 1. The van der Waals surface area contributed by atoms with Crippen LogP contribution in [0.25, 0.3) is 0 Å². The van der Waals surface area contributed by atoms with Crippen molar-refractivity contribution in [3.05, 3.63) is 23.8 Å². The first kappa shape index (κ1) is 17.8. The molecule has 0 N–H and O–H groups in total. The highest BCUT2D eigenvalue weighted by Gasteiger charge is 2.29. The summed E-state index contributed by atoms with van der Waals surface area (Å²) in [5, 5.41) is 0. The fraction of sp³-hybridized carbons (Fsp3) is 0.667. The standard InChI is InChI=1S/C18H27N5O2/c1-14(24)22-7-4-6-21(9-10-22)13-16-11-19-12-17(20-16)18-5-3-8-23(18)15(2)25/h11-12,18H,3-10,13H2,1-2H3. The minimum absolute atomic E-state index is 0.0577. The van der Waals surface area contributed by atoms with Crippen LogP contribution < -0.4 is 0 Å². The third-order valence-electron chi connectivity index (χ3n) is 5.12. The van der Waals surface area contributed by atoms with Gasteiger partial charge in [0, 0.05) is 59.3 Å². The monoisotopic (exact) mass is 345 g/mol. The van der Waals surface area contributed by atoms with E-state index in [1.807, 2.05) is 16.0 Å². The van der Waals surface area contributed by atoms with Crippen LogP contribution in [0.15, 0.2) is 12.4 Å². The number of aromatic nitrogens is 2. The number of rotatable bonds is 3. The average Bonchev–Trinajstić information content (AvgIpc) is 2.96. The molecule has 136 valence electrons. The third-order valence-corrected chi connectivity index (χ3v) is 5.12. The smallest absolute Gasteiger partial charge is 0.220 e. The van der Waals surface area contributed by atoms with Gasteiger partial charge in [-0.25, -0.2) is 0 Å². The van der Waals surface area contributed by atoms with Crippen molar-refractivity contribution in [2.45, 2.75) is 45.7 Å². The molecular formula is C18H27N5O2. The Morgan fingerprint density at radius 1 is 1.04 bits per heavy atom. The van der Waals surface area contributed by atoms with Crippen molar-refractivity contribution in [1.29, 1.82) is 0 Å². The van der Waals surface area contributed by atoms with E-state index in [-0.39, 0.29) is 17.9 Å². The van der Waals surface area contributed by atoms with Gasteiger partial charge in [-0.15, -0.1) is 0 Å². The van der Waals surface area contributed by atoms with E-state index < -0.39 is 0 Å². The van der Waals surface area contributed by atoms with Gasteiger partial charge in [0.25, 0.3) is 0 Å². The molecule has 1 unspecified atom stereocenters. The number of carbonyl (C=O) groups is 2. The molecule has 0 saturated carbocycles. The lowest BCUT2D eigenvalue weighted by Gasteiger charge is -2.24. The van der Waals surface area contributed by atoms with Gasteiger partial charge in [0.15, 0.2) is 0 Å². The van der Waals surface area contributed by atoms with E-state index in [1.165, 1.54) is 0 Å². The lowest BCUT2D eigenvalue weighted by molar-refractivity contribution is -0.130. The van der Waals surface area contributed by atoms with Crippen LogP contribution in [0.1, 0.15) is 50.5 Å². The molecule has 7 heteroatoms. The maximum absolute atomic E-state index is 11.8. The summed E-state index contributed by atoms with van der Waals surface area (Å²) in [6, 6.07) is 0.0577. The van der Waals surface area contributed by atoms with E-state index in [4.69, 9.17) is 4.98 Å². The molecule has 2 fully saturated rings. The lowest BCUT2D eigenvalue weighted by Crippen LogP contribution is -2.33. The van der Waals surface area contributed by atoms with Crippen LogP contribution in [0, 0.1) is 0 Å². The maximum Gasteiger partial charge on any atom is 0.220 e. The van der Waals surface area contributed by atoms with Gasteiger partial charge in [0.05, 0.1) is 23.6 Å². The van der Waals surface area contributed by atoms with Crippen molar-refractivity contribution in [3.8, 4) is 0 Å². The Morgan fingerprint density at radius 2 is 1.88 bits per heavy atom. The molecule has 1 aromatic rings. The van der Waals surface area contributed by atoms with Crippen LogP contribution in [0.5, 0.6) is 0 Å². The minimum atomic E-state index is 0.0577. The van der Waals surface area contributed by atoms with Crippen molar-refractivity contribution in [2.75, 3.05) is 32.7 Å². The molecule has 3 rings (SSSR count). The Balaban J connectivity index is 1.66. The van der Waals surface area contributed by atoms with Gasteiger partial charge in [-0.05, 0) is 19.3 Å². The molecule has 0 aromatic carbocycles. The Hall–Kier alpha value is -2.02. The van der Waals surface area contributed by atoms with Crippen molar-refractivity contribution in [3.63, 3.8) is 0 Å². The summed E-state index contributed by atoms with van der Waals surface area (Å²) in [5.74, 6) is 0.251. The highest BCUT2D eigenvalue weighted by molar-refractivity contribution is 5.74. The number of carbonyl (C=O) groups excluding carboxylic acids is 2. The number of amides is 2. The molecule has 2 aliphatic heterocycles. The quantitative estimate of drug-likeness (QED) is 0.824. The number of hydrogen-bond acceptors (Lipinski definition) is 5. The molecule has 2 aliphatic rings. The van der Waals surface area contributed by atoms with Gasteiger partial charge in [-0.2, -0.15) is 0 Å². The van der Waals surface area contributed by atoms with Crippen LogP contribution in [0.4, 0.5) is 0 Å². The van der Waals surface area contributed by atoms with Crippen molar-refractivity contribution >= 4 is 11.8 Å². The molecule has 0 spiro atoms. The van der Waals surface area contributed by atoms with Gasteiger partial charge < -0.3 is 9.80 Å². The zero-order chi connectivity index (χ0) is 17.8. The Morgan fingerprint density at radius 3 is 2.64 bits per heavy atom. The summed E-state index contributed by atoms with van der Waals surface area (Å²) in [6.45, 7) is 8.20. The predicted octanol–water partition coefficient (Wildman–Crippen LogP) is 1.21. The summed E-state index contributed by atoms with van der Waals surface area (Å²) < 4.78 is 0. The van der Waals surface area contributed by atoms with Crippen LogP contribution in [-0.2, 0) is 16.1 Å². The molecule has 7 nitrogen and oxygen atoms in total. The number of hydrogen-bond donors (Lipinski definition) is 0. The van der Waals surface area contributed by atoms with E-state index in [2.05, 4.69) is 9.88 Å². The molecule has 25 heavy (non-hydrogen) atoms. The molecule has 0 radical (unpaired) electrons. The second kappa shape index (κ2) is 7.91. The molecule has 1 aromatic heterocycles. The van der Waals surface area contributed by atoms with E-state index in [1.54, 1.807) is 20.0 Å². The Bertz CT molecular complexity index is 636. The van der Waals surface area contributed by atoms with Crippen molar-refractivity contribution in [1.82, 2.24) is 24.7 Å². The second-order valence-electron chi connectivity index (χ2n) is 6.94. The summed E-state index contributed by atoms with van der Waals surface area (Å²) in [6.07, 6.45) is 6.55. The topological polar surface area (TPSA) is 69.6 Å². The minimum Gasteiger partial charge on any atom is -0.342 e. The Kier molecular flexibility index (Phi) is 5.63. The van der Waals surface area contributed by atoms with Gasteiger partial charge in [-0.3, -0.25) is 24.5 Å². The summed E-state index contributed by atoms with van der Waals surface area (Å²) in [4.78, 5) is 38.6. The number of nitrogens with zero attached hydrogens (tertiary/aromatic N) is 5. The molecule has 0 aliphatic carbocycles. The lowest BCUT2D eigenvalue weighted by atomic mass is 10.1. The average molecular weight is 345 g/mol. The van der Waals surface area contributed by atoms with Crippen LogP contribution >= 0.6 is 0 Å². The first-order valence-electron chi connectivity index (χ1n) is 9.10. The normalized spacial score (nSPS) is 22.1. The van der Waals surface area contributed by atoms with Crippen LogP contribution in [-0.4, -0.2) is 69.2 Å². The predicted molar refractivity (Wildman–Crippen MR) is 93.5 cm³/mol. The summed E-state index contributed by atoms with van der Waals surface area (Å²) >= 11 is 0. The van der Waals surface area contributed by atoms with Gasteiger partial charge in [-0.1, -0.05) is 0 Å². The zero-order valence-electron chi connectivity index (χ0n) is 15.1. The third kappa shape index (κ3) is 4.34. The largest absolute Gasteiger partial charge is 0.342 e. The molecular weight excluding hydrogens is 318 g/mol. The first-order valence-corrected chi connectivity index (χ1v) is 9.10. The zero-order valence-corrected chi connectivity index (χ0v) is 15.1. The Labute approximate surface area is 149 Å². The van der Waals surface area contributed by atoms with E-state index in [0.29, 0.717) is 0 Å². The SMILES string of the molecule is CC(=O)N1CCCN(Cc2cncc(C3CCCN3C(C)=O)n2)CC1. The molecule has 2 saturated heterocycles. The van der Waals surface area contributed by atoms with Gasteiger partial charge in [0.2, 0.25) is 11.8 Å². The fourth-order valence-electron chi connectivity index (χ4n) is 3.78. The highest BCUT2D eigenvalue weighted by atomic mass is 16.2. The summed E-state index contributed by atoms with van der Waals surface area (Å²) in [7, 11) is 0. The fourth-order valence-corrected chi connectivity index (χ4v) is 3.78. The van der Waals surface area contributed by atoms with Gasteiger partial charge in [0.1, 0.15) is 0 Å². The molecule has 3 heterocycles. The maximum atomic E-state index is 11.8. The van der Waals surface area contributed by atoms with Crippen molar-refractivity contribution < 1.29 is 9.59 Å². The molecule has 2 amide bonds. The van der Waals surface area contributed by atoms with Crippen LogP contribution in [0.2, 0.25) is 0 Å². The van der Waals surface area contributed by atoms with E-state index >= 15 is 0 Å².